The minimum Gasteiger partial charge on any atom is -0.461 e. The summed E-state index contributed by atoms with van der Waals surface area (Å²) in [6.45, 7) is 6.18. The van der Waals surface area contributed by atoms with Gasteiger partial charge in [-0.2, -0.15) is 0 Å². The van der Waals surface area contributed by atoms with Crippen molar-refractivity contribution in [1.82, 2.24) is 9.97 Å². The third-order valence-electron chi connectivity index (χ3n) is 6.95. The van der Waals surface area contributed by atoms with Gasteiger partial charge >= 0.3 is 0 Å². The monoisotopic (exact) mass is 480 g/mol. The Morgan fingerprint density at radius 2 is 1.38 bits per heavy atom. The predicted molar refractivity (Wildman–Crippen MR) is 148 cm³/mol. The van der Waals surface area contributed by atoms with Gasteiger partial charge < -0.3 is 18.8 Å². The van der Waals surface area contributed by atoms with E-state index in [4.69, 9.17) is 8.83 Å². The second kappa shape index (κ2) is 8.32. The molecule has 0 spiro atoms. The third kappa shape index (κ3) is 3.46. The molecule has 7 aromatic rings. The van der Waals surface area contributed by atoms with Gasteiger partial charge in [0.2, 0.25) is 0 Å². The molecule has 178 valence electrons. The highest BCUT2D eigenvalue weighted by Gasteiger charge is 2.16. The van der Waals surface area contributed by atoms with Crippen molar-refractivity contribution in [3.8, 4) is 11.3 Å². The zero-order chi connectivity index (χ0) is 24.9. The Hall–Kier alpha value is -4.96. The highest BCUT2D eigenvalue weighted by atomic mass is 16.3. The summed E-state index contributed by atoms with van der Waals surface area (Å²) in [6, 6.07) is 35.1. The average Bonchev–Trinajstić information content (AvgIpc) is 3.69. The summed E-state index contributed by atoms with van der Waals surface area (Å²) in [5, 5.41) is 5.12. The van der Waals surface area contributed by atoms with Crippen LogP contribution in [0.25, 0.3) is 45.3 Å². The molecule has 37 heavy (non-hydrogen) atoms. The van der Waals surface area contributed by atoms with Gasteiger partial charge in [-0.05, 0) is 48.9 Å². The first kappa shape index (κ1) is 21.3. The minimum absolute atomic E-state index is 0.653. The number of hydrogen-bond acceptors (Lipinski definition) is 2. The van der Waals surface area contributed by atoms with Crippen LogP contribution in [0, 0.1) is 17.5 Å². The molecule has 0 aliphatic carbocycles. The summed E-state index contributed by atoms with van der Waals surface area (Å²) in [6.07, 6.45) is 0. The molecule has 4 nitrogen and oxygen atoms in total. The van der Waals surface area contributed by atoms with E-state index in [1.54, 1.807) is 0 Å². The van der Waals surface area contributed by atoms with Gasteiger partial charge in [0.05, 0.1) is 10.6 Å². The van der Waals surface area contributed by atoms with Gasteiger partial charge in [0.25, 0.3) is 0 Å². The molecule has 0 unspecified atom stereocenters. The van der Waals surface area contributed by atoms with Crippen molar-refractivity contribution >= 4 is 34.1 Å². The molecule has 0 fully saturated rings. The lowest BCUT2D eigenvalue weighted by Gasteiger charge is -2.06. The molecule has 0 radical (unpaired) electrons. The molecule has 2 N–H and O–H groups in total. The minimum atomic E-state index is 0.653. The van der Waals surface area contributed by atoms with E-state index in [1.807, 2.05) is 49.4 Å². The number of rotatable bonds is 3. The lowest BCUT2D eigenvalue weighted by molar-refractivity contribution is 0.577. The van der Waals surface area contributed by atoms with Gasteiger partial charge in [0, 0.05) is 38.6 Å². The second-order valence-corrected chi connectivity index (χ2v) is 9.24. The van der Waals surface area contributed by atoms with Gasteiger partial charge in [0.15, 0.2) is 0 Å². The number of hydrogen-bond donors (Lipinski definition) is 2. The number of furan rings is 2. The second-order valence-electron chi connectivity index (χ2n) is 9.24. The van der Waals surface area contributed by atoms with E-state index in [-0.39, 0.29) is 0 Å². The van der Waals surface area contributed by atoms with E-state index >= 15 is 0 Å². The molecule has 4 aromatic heterocycles. The van der Waals surface area contributed by atoms with Crippen molar-refractivity contribution < 1.29 is 8.83 Å². The van der Waals surface area contributed by atoms with Crippen LogP contribution >= 0.6 is 0 Å². The van der Waals surface area contributed by atoms with Gasteiger partial charge in [-0.3, -0.25) is 0 Å². The SMILES string of the molecule is C=c1oc2ccccc2/c1=c1\ccc(=C(c2ccccc2)c2ccc(-c3c(C)oc4ccccc34)[nH]2)[nH]1. The van der Waals surface area contributed by atoms with Crippen LogP contribution in [-0.4, -0.2) is 9.97 Å². The van der Waals surface area contributed by atoms with Gasteiger partial charge in [-0.15, -0.1) is 0 Å². The summed E-state index contributed by atoms with van der Waals surface area (Å²) in [4.78, 5) is 7.34. The van der Waals surface area contributed by atoms with Crippen LogP contribution in [0.5, 0.6) is 0 Å². The predicted octanol–water partition coefficient (Wildman–Crippen LogP) is 6.76. The van der Waals surface area contributed by atoms with Crippen molar-refractivity contribution in [2.75, 3.05) is 0 Å². The Morgan fingerprint density at radius 1 is 0.676 bits per heavy atom. The molecule has 0 saturated carbocycles. The van der Waals surface area contributed by atoms with Crippen molar-refractivity contribution in [1.29, 1.82) is 0 Å². The lowest BCUT2D eigenvalue weighted by atomic mass is 10.0. The first-order valence-corrected chi connectivity index (χ1v) is 12.3. The Labute approximate surface area is 212 Å². The average molecular weight is 481 g/mol. The maximum atomic E-state index is 6.04. The Morgan fingerprint density at radius 3 is 2.19 bits per heavy atom. The molecule has 4 heterocycles. The molecule has 0 bridgehead atoms. The number of para-hydroxylation sites is 2. The number of H-pyrrole nitrogens is 2. The zero-order valence-corrected chi connectivity index (χ0v) is 20.3. The summed E-state index contributed by atoms with van der Waals surface area (Å²) in [7, 11) is 0. The van der Waals surface area contributed by atoms with Crippen LogP contribution in [0.4, 0.5) is 0 Å². The van der Waals surface area contributed by atoms with E-state index in [1.165, 1.54) is 0 Å². The molecule has 3 aromatic carbocycles. The van der Waals surface area contributed by atoms with Crippen molar-refractivity contribution in [3.63, 3.8) is 0 Å². The van der Waals surface area contributed by atoms with E-state index < -0.39 is 0 Å². The Kier molecular flexibility index (Phi) is 4.79. The van der Waals surface area contributed by atoms with Gasteiger partial charge in [-0.1, -0.05) is 73.3 Å². The van der Waals surface area contributed by atoms with Crippen molar-refractivity contribution in [2.45, 2.75) is 6.92 Å². The fourth-order valence-corrected chi connectivity index (χ4v) is 5.33. The van der Waals surface area contributed by atoms with Crippen molar-refractivity contribution in [2.24, 2.45) is 0 Å². The van der Waals surface area contributed by atoms with Crippen LogP contribution < -0.4 is 10.8 Å². The fraction of sp³-hybridized carbons (Fsp3) is 0.0303. The number of benzene rings is 3. The summed E-state index contributed by atoms with van der Waals surface area (Å²) >= 11 is 0. The summed E-state index contributed by atoms with van der Waals surface area (Å²) < 4.78 is 12.0. The molecule has 0 amide bonds. The Balaban J connectivity index is 1.50. The molecule has 4 heteroatoms. The van der Waals surface area contributed by atoms with Gasteiger partial charge in [-0.25, -0.2) is 0 Å². The zero-order valence-electron chi connectivity index (χ0n) is 20.3. The van der Waals surface area contributed by atoms with E-state index in [9.17, 15) is 0 Å². The lowest BCUT2D eigenvalue weighted by Crippen LogP contribution is -2.10. The molecular formula is C33H24N2O2. The molecule has 0 aliphatic heterocycles. The smallest absolute Gasteiger partial charge is 0.135 e. The van der Waals surface area contributed by atoms with E-state index in [0.29, 0.717) is 5.42 Å². The quantitative estimate of drug-likeness (QED) is 0.294. The number of aryl methyl sites for hydroxylation is 1. The molecule has 7 rings (SSSR count). The molecule has 0 saturated heterocycles. The maximum Gasteiger partial charge on any atom is 0.135 e. The topological polar surface area (TPSA) is 57.9 Å². The third-order valence-corrected chi connectivity index (χ3v) is 6.95. The van der Waals surface area contributed by atoms with Crippen LogP contribution in [0.2, 0.25) is 0 Å². The van der Waals surface area contributed by atoms with Crippen LogP contribution in [0.3, 0.4) is 0 Å². The largest absolute Gasteiger partial charge is 0.461 e. The number of aromatic nitrogens is 2. The summed E-state index contributed by atoms with van der Waals surface area (Å²) in [5.41, 5.74) is 7.72. The van der Waals surface area contributed by atoms with Gasteiger partial charge in [0.1, 0.15) is 22.3 Å². The van der Waals surface area contributed by atoms with Crippen LogP contribution in [0.1, 0.15) is 17.0 Å². The van der Waals surface area contributed by atoms with E-state index in [0.717, 1.165) is 71.7 Å². The molecular weight excluding hydrogens is 456 g/mol. The standard InChI is InChI=1S/C33H24N2O2/c1-20-31(23-12-6-8-14-29(23)36-20)25-16-18-27(34-25)33(22-10-4-3-5-11-22)28-19-17-26(35-28)32-21(2)37-30-15-9-7-13-24(30)32/h3-19,34-35H,1H2,2H3/b31-25+,33-27?. The van der Waals surface area contributed by atoms with Crippen LogP contribution in [0.15, 0.2) is 112 Å². The highest BCUT2D eigenvalue weighted by molar-refractivity contribution is 5.95. The molecule has 0 atom stereocenters. The number of nitrogens with one attached hydrogen (secondary N) is 2. The number of fused-ring (bicyclic) bond motifs is 2. The first-order valence-electron chi connectivity index (χ1n) is 12.3. The number of aromatic amines is 2. The molecule has 0 aliphatic rings. The maximum absolute atomic E-state index is 6.04. The normalized spacial score (nSPS) is 13.4. The first-order chi connectivity index (χ1) is 18.2. The highest BCUT2D eigenvalue weighted by Crippen LogP contribution is 2.35. The fourth-order valence-electron chi connectivity index (χ4n) is 5.33. The van der Waals surface area contributed by atoms with E-state index in [2.05, 4.69) is 77.2 Å². The Bertz CT molecular complexity index is 2120. The van der Waals surface area contributed by atoms with Crippen molar-refractivity contribution in [3.05, 3.63) is 141 Å². The summed E-state index contributed by atoms with van der Waals surface area (Å²) in [5.74, 6) is 0.896. The van der Waals surface area contributed by atoms with Crippen LogP contribution in [-0.2, 0) is 0 Å².